The highest BCUT2D eigenvalue weighted by Gasteiger charge is 1.96. The fourth-order valence-corrected chi connectivity index (χ4v) is 2.13. The molecular weight excluding hydrogens is 316 g/mol. The van der Waals surface area contributed by atoms with Gasteiger partial charge in [-0.2, -0.15) is 0 Å². The Morgan fingerprint density at radius 3 is 1.36 bits per heavy atom. The van der Waals surface area contributed by atoms with Gasteiger partial charge in [0.05, 0.1) is 13.2 Å². The second-order valence-corrected chi connectivity index (χ2v) is 8.99. The van der Waals surface area contributed by atoms with E-state index in [1.165, 1.54) is 0 Å². The summed E-state index contributed by atoms with van der Waals surface area (Å²) in [5, 5.41) is 0. The van der Waals surface area contributed by atoms with Gasteiger partial charge in [0, 0.05) is 71.6 Å². The fourth-order valence-electron chi connectivity index (χ4n) is 1.66. The quantitative estimate of drug-likeness (QED) is 0.265. The minimum atomic E-state index is 0.415. The molecule has 0 saturated heterocycles. The van der Waals surface area contributed by atoms with Gasteiger partial charge in [-0.1, -0.05) is 0 Å². The summed E-state index contributed by atoms with van der Waals surface area (Å²) >= 11 is 0. The molecule has 0 amide bonds. The van der Waals surface area contributed by atoms with Crippen LogP contribution in [-0.4, -0.2) is 84.8 Å². The maximum absolute atomic E-state index is 5.53. The Balaban J connectivity index is 2.97. The van der Waals surface area contributed by atoms with Crippen molar-refractivity contribution in [2.24, 2.45) is 0 Å². The van der Waals surface area contributed by atoms with Gasteiger partial charge in [-0.15, -0.1) is 0 Å². The lowest BCUT2D eigenvalue weighted by Gasteiger charge is -2.09. The molecule has 0 aromatic heterocycles. The molecule has 0 heterocycles. The molecule has 0 saturated carbocycles. The van der Waals surface area contributed by atoms with E-state index < -0.39 is 0 Å². The molecule has 0 aromatic carbocycles. The van der Waals surface area contributed by atoms with Crippen molar-refractivity contribution in [3.05, 3.63) is 0 Å². The summed E-state index contributed by atoms with van der Waals surface area (Å²) in [5.41, 5.74) is 0.861. The summed E-state index contributed by atoms with van der Waals surface area (Å²) in [6.07, 6.45) is 2.87. The van der Waals surface area contributed by atoms with Crippen LogP contribution in [0.5, 0.6) is 0 Å². The van der Waals surface area contributed by atoms with Crippen molar-refractivity contribution in [2.45, 2.75) is 44.6 Å². The smallest absolute Gasteiger partial charge is 0.0700 e. The molecule has 0 rings (SSSR count). The predicted molar refractivity (Wildman–Crippen MR) is 97.0 cm³/mol. The van der Waals surface area contributed by atoms with Crippen LogP contribution >= 0.6 is 0 Å². The van der Waals surface area contributed by atoms with Crippen LogP contribution in [0.4, 0.5) is 0 Å². The van der Waals surface area contributed by atoms with Gasteiger partial charge in [0.1, 0.15) is 0 Å². The molecule has 2 unspecified atom stereocenters. The van der Waals surface area contributed by atoms with Gasteiger partial charge in [0.15, 0.2) is 0 Å². The largest absolute Gasteiger partial charge is 0.383 e. The molecular formula is C15H36O5Si2. The van der Waals surface area contributed by atoms with E-state index in [0.29, 0.717) is 24.7 Å². The van der Waals surface area contributed by atoms with E-state index in [9.17, 15) is 0 Å². The zero-order valence-electron chi connectivity index (χ0n) is 15.0. The Hall–Kier alpha value is 0.234. The van der Waals surface area contributed by atoms with Crippen molar-refractivity contribution < 1.29 is 23.7 Å². The summed E-state index contributed by atoms with van der Waals surface area (Å²) in [4.78, 5) is 0. The van der Waals surface area contributed by atoms with E-state index in [2.05, 4.69) is 13.8 Å². The first-order valence-corrected chi connectivity index (χ1v) is 10.9. The summed E-state index contributed by atoms with van der Waals surface area (Å²) < 4.78 is 27.5. The zero-order chi connectivity index (χ0) is 16.5. The average Bonchev–Trinajstić information content (AvgIpc) is 2.46. The van der Waals surface area contributed by atoms with Crippen LogP contribution in [0.25, 0.3) is 0 Å². The van der Waals surface area contributed by atoms with E-state index in [-0.39, 0.29) is 0 Å². The highest BCUT2D eigenvalue weighted by molar-refractivity contribution is 6.10. The molecule has 134 valence electrons. The van der Waals surface area contributed by atoms with Crippen molar-refractivity contribution in [3.8, 4) is 0 Å². The van der Waals surface area contributed by atoms with Crippen molar-refractivity contribution in [1.29, 1.82) is 0 Å². The van der Waals surface area contributed by atoms with Gasteiger partial charge in [0.25, 0.3) is 0 Å². The van der Waals surface area contributed by atoms with Gasteiger partial charge >= 0.3 is 0 Å². The van der Waals surface area contributed by atoms with Gasteiger partial charge in [-0.3, -0.25) is 0 Å². The van der Waals surface area contributed by atoms with E-state index in [1.54, 1.807) is 0 Å². The average molecular weight is 353 g/mol. The summed E-state index contributed by atoms with van der Waals surface area (Å²) in [6.45, 7) is 10.2. The number of hydrogen-bond acceptors (Lipinski definition) is 5. The van der Waals surface area contributed by atoms with Crippen LogP contribution < -0.4 is 0 Å². The van der Waals surface area contributed by atoms with Gasteiger partial charge in [-0.05, 0) is 33.1 Å². The third-order valence-electron chi connectivity index (χ3n) is 2.72. The first-order chi connectivity index (χ1) is 10.6. The molecule has 0 aromatic rings. The molecule has 0 aliphatic rings. The van der Waals surface area contributed by atoms with Crippen molar-refractivity contribution in [3.63, 3.8) is 0 Å². The SMILES string of the molecule is CC([SiH3])OCCCOCCCOCCCOCCOC(C)[SiH3]. The summed E-state index contributed by atoms with van der Waals surface area (Å²) in [6, 6.07) is 0. The van der Waals surface area contributed by atoms with Gasteiger partial charge in [-0.25, -0.2) is 0 Å². The second-order valence-electron chi connectivity index (χ2n) is 5.74. The van der Waals surface area contributed by atoms with Crippen molar-refractivity contribution >= 4 is 20.5 Å². The molecule has 7 heteroatoms. The van der Waals surface area contributed by atoms with Gasteiger partial charge < -0.3 is 23.7 Å². The topological polar surface area (TPSA) is 46.2 Å². The minimum Gasteiger partial charge on any atom is -0.383 e. The first-order valence-electron chi connectivity index (χ1n) is 8.59. The highest BCUT2D eigenvalue weighted by atomic mass is 28.1. The number of rotatable bonds is 17. The third kappa shape index (κ3) is 20.2. The Kier molecular flexibility index (Phi) is 17.8. The molecule has 0 spiro atoms. The molecule has 5 nitrogen and oxygen atoms in total. The van der Waals surface area contributed by atoms with Crippen LogP contribution in [-0.2, 0) is 23.7 Å². The molecule has 0 N–H and O–H groups in total. The second kappa shape index (κ2) is 17.6. The lowest BCUT2D eigenvalue weighted by molar-refractivity contribution is 0.0262. The van der Waals surface area contributed by atoms with Crippen molar-refractivity contribution in [1.82, 2.24) is 0 Å². The van der Waals surface area contributed by atoms with Crippen LogP contribution in [0.3, 0.4) is 0 Å². The first kappa shape index (κ1) is 22.2. The standard InChI is InChI=1S/C15H36O5Si2/c1-14(21)19-11-5-10-17-7-3-6-16-8-4-9-18-12-13-20-15(2)22/h14-15H,3-13H2,1-2,21-22H3. The Bertz CT molecular complexity index is 196. The van der Waals surface area contributed by atoms with E-state index in [1.807, 2.05) is 0 Å². The monoisotopic (exact) mass is 352 g/mol. The lowest BCUT2D eigenvalue weighted by atomic mass is 10.4. The normalized spacial score (nSPS) is 14.5. The lowest BCUT2D eigenvalue weighted by Crippen LogP contribution is -2.13. The fraction of sp³-hybridized carbons (Fsp3) is 1.00. The maximum Gasteiger partial charge on any atom is 0.0700 e. The van der Waals surface area contributed by atoms with Gasteiger partial charge in [0.2, 0.25) is 0 Å². The number of hydrogen-bond donors (Lipinski definition) is 0. The summed E-state index contributed by atoms with van der Waals surface area (Å²) in [7, 11) is 2.17. The molecule has 0 aliphatic carbocycles. The van der Waals surface area contributed by atoms with Crippen LogP contribution in [0.2, 0.25) is 0 Å². The molecule has 0 radical (unpaired) electrons. The highest BCUT2D eigenvalue weighted by Crippen LogP contribution is 1.92. The van der Waals surface area contributed by atoms with Crippen LogP contribution in [0, 0.1) is 0 Å². The number of ether oxygens (including phenoxy) is 5. The predicted octanol–water partition coefficient (Wildman–Crippen LogP) is -0.337. The molecule has 22 heavy (non-hydrogen) atoms. The van der Waals surface area contributed by atoms with E-state index in [4.69, 9.17) is 23.7 Å². The molecule has 2 atom stereocenters. The molecule has 0 aliphatic heterocycles. The zero-order valence-corrected chi connectivity index (χ0v) is 19.0. The summed E-state index contributed by atoms with van der Waals surface area (Å²) in [5.74, 6) is 0. The molecule has 0 bridgehead atoms. The Morgan fingerprint density at radius 2 is 0.909 bits per heavy atom. The minimum absolute atomic E-state index is 0.415. The Morgan fingerprint density at radius 1 is 0.545 bits per heavy atom. The Labute approximate surface area is 142 Å². The van der Waals surface area contributed by atoms with E-state index in [0.717, 1.165) is 79.4 Å². The maximum atomic E-state index is 5.53. The van der Waals surface area contributed by atoms with E-state index >= 15 is 0 Å². The van der Waals surface area contributed by atoms with Crippen LogP contribution in [0.15, 0.2) is 0 Å². The van der Waals surface area contributed by atoms with Crippen molar-refractivity contribution in [2.75, 3.05) is 52.9 Å². The van der Waals surface area contributed by atoms with Crippen LogP contribution in [0.1, 0.15) is 33.1 Å². The molecule has 0 fully saturated rings. The third-order valence-corrected chi connectivity index (χ3v) is 3.38.